The number of hydrogen-bond donors (Lipinski definition) is 0. The van der Waals surface area contributed by atoms with Crippen LogP contribution in [0.15, 0.2) is 35.5 Å². The lowest BCUT2D eigenvalue weighted by atomic mass is 10.2. The predicted molar refractivity (Wildman–Crippen MR) is 92.0 cm³/mol. The van der Waals surface area contributed by atoms with Gasteiger partial charge in [0, 0.05) is 19.2 Å². The van der Waals surface area contributed by atoms with Gasteiger partial charge in [-0.15, -0.1) is 0 Å². The lowest BCUT2D eigenvalue weighted by Crippen LogP contribution is -2.14. The van der Waals surface area contributed by atoms with Crippen LogP contribution in [0.3, 0.4) is 0 Å². The molecule has 0 aliphatic heterocycles. The molecule has 2 aromatic rings. The Morgan fingerprint density at radius 1 is 1.36 bits per heavy atom. The van der Waals surface area contributed by atoms with Crippen LogP contribution in [-0.2, 0) is 6.18 Å². The van der Waals surface area contributed by atoms with Gasteiger partial charge >= 0.3 is 6.18 Å². The van der Waals surface area contributed by atoms with Crippen LogP contribution >= 0.6 is 11.6 Å². The Bertz CT molecular complexity index is 778. The lowest BCUT2D eigenvalue weighted by Gasteiger charge is -2.12. The van der Waals surface area contributed by atoms with Gasteiger partial charge in [0.1, 0.15) is 10.8 Å². The number of hydrogen-bond acceptors (Lipinski definition) is 3. The summed E-state index contributed by atoms with van der Waals surface area (Å²) in [6.45, 7) is 4.51. The molecular formula is C17H17ClF3N3O. The zero-order valence-electron chi connectivity index (χ0n) is 13.9. The van der Waals surface area contributed by atoms with E-state index >= 15 is 0 Å². The summed E-state index contributed by atoms with van der Waals surface area (Å²) in [5.74, 6) is 0.0341. The molecule has 0 spiro atoms. The number of alkyl halides is 3. The Labute approximate surface area is 148 Å². The van der Waals surface area contributed by atoms with Gasteiger partial charge in [-0.05, 0) is 32.0 Å². The molecule has 0 atom stereocenters. The van der Waals surface area contributed by atoms with E-state index in [0.29, 0.717) is 11.3 Å². The molecule has 0 radical (unpaired) electrons. The second-order valence-corrected chi connectivity index (χ2v) is 5.71. The Morgan fingerprint density at radius 3 is 2.72 bits per heavy atom. The average molecular weight is 372 g/mol. The molecule has 1 aromatic heterocycles. The summed E-state index contributed by atoms with van der Waals surface area (Å²) in [6.07, 6.45) is -1.34. The highest BCUT2D eigenvalue weighted by molar-refractivity contribution is 6.33. The number of aliphatic imine (C=N–C) groups is 1. The summed E-state index contributed by atoms with van der Waals surface area (Å²) in [5, 5.41) is 0.200. The molecule has 0 aliphatic carbocycles. The van der Waals surface area contributed by atoms with Crippen molar-refractivity contribution in [3.8, 4) is 11.6 Å². The molecule has 2 rings (SSSR count). The molecule has 0 saturated carbocycles. The maximum absolute atomic E-state index is 12.8. The summed E-state index contributed by atoms with van der Waals surface area (Å²) in [7, 11) is 1.87. The lowest BCUT2D eigenvalue weighted by molar-refractivity contribution is -0.137. The highest BCUT2D eigenvalue weighted by Crippen LogP contribution is 2.36. The maximum atomic E-state index is 12.8. The third kappa shape index (κ3) is 4.85. The SMILES string of the molecule is CCN(C)/C=N/c1cnc(Oc2cccc(C(F)(F)F)c2)c(Cl)c1C. The molecular weight excluding hydrogens is 355 g/mol. The molecule has 0 saturated heterocycles. The highest BCUT2D eigenvalue weighted by atomic mass is 35.5. The zero-order chi connectivity index (χ0) is 18.6. The van der Waals surface area contributed by atoms with Crippen molar-refractivity contribution in [1.82, 2.24) is 9.88 Å². The molecule has 25 heavy (non-hydrogen) atoms. The van der Waals surface area contributed by atoms with Gasteiger partial charge in [0.15, 0.2) is 0 Å². The van der Waals surface area contributed by atoms with E-state index < -0.39 is 11.7 Å². The van der Waals surface area contributed by atoms with Crippen LogP contribution in [0.5, 0.6) is 11.6 Å². The standard InChI is InChI=1S/C17H17ClF3N3O/c1-4-24(3)10-23-14-9-22-16(15(18)11(14)2)25-13-7-5-6-12(8-13)17(19,20)21/h5-10H,4H2,1-3H3/b23-10+. The number of pyridine rings is 1. The van der Waals surface area contributed by atoms with Crippen molar-refractivity contribution in [1.29, 1.82) is 0 Å². The van der Waals surface area contributed by atoms with Crippen LogP contribution in [0, 0.1) is 6.92 Å². The number of aromatic nitrogens is 1. The summed E-state index contributed by atoms with van der Waals surface area (Å²) in [4.78, 5) is 10.2. The quantitative estimate of drug-likeness (QED) is 0.517. The van der Waals surface area contributed by atoms with E-state index in [2.05, 4.69) is 9.98 Å². The smallest absolute Gasteiger partial charge is 0.416 e. The normalized spacial score (nSPS) is 11.8. The van der Waals surface area contributed by atoms with Crippen molar-refractivity contribution in [3.05, 3.63) is 46.6 Å². The highest BCUT2D eigenvalue weighted by Gasteiger charge is 2.30. The molecule has 8 heteroatoms. The van der Waals surface area contributed by atoms with Gasteiger partial charge in [-0.1, -0.05) is 17.7 Å². The molecule has 0 aliphatic rings. The minimum atomic E-state index is -4.45. The second kappa shape index (κ2) is 7.74. The number of halogens is 4. The van der Waals surface area contributed by atoms with E-state index in [-0.39, 0.29) is 16.7 Å². The maximum Gasteiger partial charge on any atom is 0.416 e. The summed E-state index contributed by atoms with van der Waals surface area (Å²) >= 11 is 6.23. The van der Waals surface area contributed by atoms with E-state index in [0.717, 1.165) is 18.7 Å². The van der Waals surface area contributed by atoms with Gasteiger partial charge in [0.05, 0.1) is 23.8 Å². The fraction of sp³-hybridized carbons (Fsp3) is 0.294. The Morgan fingerprint density at radius 2 is 2.08 bits per heavy atom. The van der Waals surface area contributed by atoms with Gasteiger partial charge in [-0.25, -0.2) is 9.98 Å². The summed E-state index contributed by atoms with van der Waals surface area (Å²) < 4.78 is 43.7. The number of ether oxygens (including phenoxy) is 1. The fourth-order valence-corrected chi connectivity index (χ4v) is 2.02. The Kier molecular flexibility index (Phi) is 5.89. The minimum Gasteiger partial charge on any atom is -0.438 e. The summed E-state index contributed by atoms with van der Waals surface area (Å²) in [6, 6.07) is 4.54. The Balaban J connectivity index is 2.27. The van der Waals surface area contributed by atoms with Crippen molar-refractivity contribution in [2.24, 2.45) is 4.99 Å². The van der Waals surface area contributed by atoms with E-state index in [1.54, 1.807) is 13.3 Å². The topological polar surface area (TPSA) is 37.7 Å². The van der Waals surface area contributed by atoms with Gasteiger partial charge in [-0.3, -0.25) is 0 Å². The molecule has 0 unspecified atom stereocenters. The van der Waals surface area contributed by atoms with Crippen LogP contribution < -0.4 is 4.74 Å². The molecule has 1 heterocycles. The second-order valence-electron chi connectivity index (χ2n) is 5.33. The third-order valence-electron chi connectivity index (χ3n) is 3.47. The van der Waals surface area contributed by atoms with E-state index in [9.17, 15) is 13.2 Å². The molecule has 0 amide bonds. The number of rotatable bonds is 5. The predicted octanol–water partition coefficient (Wildman–Crippen LogP) is 5.47. The van der Waals surface area contributed by atoms with Gasteiger partial charge < -0.3 is 9.64 Å². The first-order valence-electron chi connectivity index (χ1n) is 7.47. The van der Waals surface area contributed by atoms with Crippen molar-refractivity contribution in [2.75, 3.05) is 13.6 Å². The molecule has 0 fully saturated rings. The van der Waals surface area contributed by atoms with Crippen molar-refractivity contribution in [2.45, 2.75) is 20.0 Å². The van der Waals surface area contributed by atoms with E-state index in [1.807, 2.05) is 18.9 Å². The van der Waals surface area contributed by atoms with Crippen LogP contribution in [0.1, 0.15) is 18.1 Å². The molecule has 4 nitrogen and oxygen atoms in total. The first-order valence-corrected chi connectivity index (χ1v) is 7.84. The Hall–Kier alpha value is -2.28. The monoisotopic (exact) mass is 371 g/mol. The molecule has 0 bridgehead atoms. The van der Waals surface area contributed by atoms with Crippen LogP contribution in [-0.4, -0.2) is 29.8 Å². The third-order valence-corrected chi connectivity index (χ3v) is 3.92. The van der Waals surface area contributed by atoms with E-state index in [4.69, 9.17) is 16.3 Å². The first-order chi connectivity index (χ1) is 11.7. The van der Waals surface area contributed by atoms with Crippen molar-refractivity contribution >= 4 is 23.6 Å². The van der Waals surface area contributed by atoms with Gasteiger partial charge in [-0.2, -0.15) is 13.2 Å². The minimum absolute atomic E-state index is 0.00518. The average Bonchev–Trinajstić information content (AvgIpc) is 2.57. The van der Waals surface area contributed by atoms with Gasteiger partial charge in [0.25, 0.3) is 0 Å². The molecule has 134 valence electrons. The molecule has 1 aromatic carbocycles. The van der Waals surface area contributed by atoms with Crippen LogP contribution in [0.2, 0.25) is 5.02 Å². The zero-order valence-corrected chi connectivity index (χ0v) is 14.7. The first kappa shape index (κ1) is 19.1. The van der Waals surface area contributed by atoms with Crippen molar-refractivity contribution < 1.29 is 17.9 Å². The largest absolute Gasteiger partial charge is 0.438 e. The van der Waals surface area contributed by atoms with Gasteiger partial charge in [0.2, 0.25) is 5.88 Å². The summed E-state index contributed by atoms with van der Waals surface area (Å²) in [5.41, 5.74) is 0.378. The number of benzene rings is 1. The number of nitrogens with zero attached hydrogens (tertiary/aromatic N) is 3. The molecule has 0 N–H and O–H groups in total. The van der Waals surface area contributed by atoms with Crippen LogP contribution in [0.25, 0.3) is 0 Å². The van der Waals surface area contributed by atoms with Crippen LogP contribution in [0.4, 0.5) is 18.9 Å². The fourth-order valence-electron chi connectivity index (χ4n) is 1.84. The van der Waals surface area contributed by atoms with E-state index in [1.165, 1.54) is 18.3 Å². The van der Waals surface area contributed by atoms with Crippen molar-refractivity contribution in [3.63, 3.8) is 0 Å².